The molecule has 2 nitrogen and oxygen atoms in total. The second-order valence-corrected chi connectivity index (χ2v) is 4.39. The van der Waals surface area contributed by atoms with Gasteiger partial charge in [-0.05, 0) is 28.4 Å². The topological polar surface area (TPSA) is 24.9 Å². The molecular formula is C10H10BrF5N2. The molecule has 0 aliphatic carbocycles. The molecule has 0 aliphatic heterocycles. The summed E-state index contributed by atoms with van der Waals surface area (Å²) in [6.07, 6.45) is -6.40. The average Bonchev–Trinajstić information content (AvgIpc) is 2.25. The lowest BCUT2D eigenvalue weighted by Crippen LogP contribution is -2.35. The van der Waals surface area contributed by atoms with Gasteiger partial charge in [0.25, 0.3) is 6.43 Å². The van der Waals surface area contributed by atoms with Gasteiger partial charge in [-0.3, -0.25) is 0 Å². The highest BCUT2D eigenvalue weighted by atomic mass is 79.9. The second kappa shape index (κ2) is 5.81. The van der Waals surface area contributed by atoms with Crippen LogP contribution in [0.4, 0.5) is 27.8 Å². The van der Waals surface area contributed by atoms with Crippen LogP contribution in [0.1, 0.15) is 25.3 Å². The van der Waals surface area contributed by atoms with E-state index in [9.17, 15) is 22.0 Å². The van der Waals surface area contributed by atoms with Crippen LogP contribution in [-0.4, -0.2) is 17.2 Å². The zero-order valence-electron chi connectivity index (χ0n) is 9.23. The summed E-state index contributed by atoms with van der Waals surface area (Å²) in [7, 11) is 0. The molecule has 102 valence electrons. The van der Waals surface area contributed by atoms with E-state index in [1.54, 1.807) is 0 Å². The van der Waals surface area contributed by atoms with Crippen LogP contribution >= 0.6 is 15.9 Å². The van der Waals surface area contributed by atoms with Gasteiger partial charge in [-0.1, -0.05) is 6.92 Å². The van der Waals surface area contributed by atoms with Gasteiger partial charge in [-0.15, -0.1) is 0 Å². The smallest absolute Gasteiger partial charge is 0.359 e. The van der Waals surface area contributed by atoms with Gasteiger partial charge in [-0.2, -0.15) is 13.2 Å². The van der Waals surface area contributed by atoms with Gasteiger partial charge in [-0.25, -0.2) is 13.8 Å². The first-order valence-corrected chi connectivity index (χ1v) is 5.81. The third kappa shape index (κ3) is 3.79. The summed E-state index contributed by atoms with van der Waals surface area (Å²) in [5.74, 6) is -0.224. The van der Waals surface area contributed by atoms with E-state index in [0.717, 1.165) is 12.3 Å². The van der Waals surface area contributed by atoms with Gasteiger partial charge in [0.1, 0.15) is 11.9 Å². The van der Waals surface area contributed by atoms with Gasteiger partial charge in [0.15, 0.2) is 0 Å². The van der Waals surface area contributed by atoms with E-state index in [1.165, 1.54) is 6.92 Å². The Morgan fingerprint density at radius 3 is 2.44 bits per heavy atom. The zero-order valence-corrected chi connectivity index (χ0v) is 10.8. The van der Waals surface area contributed by atoms with Crippen molar-refractivity contribution in [2.45, 2.75) is 32.0 Å². The molecule has 0 saturated carbocycles. The van der Waals surface area contributed by atoms with E-state index in [4.69, 9.17) is 0 Å². The molecule has 1 aromatic rings. The van der Waals surface area contributed by atoms with Crippen molar-refractivity contribution in [3.63, 3.8) is 0 Å². The van der Waals surface area contributed by atoms with Crippen LogP contribution in [0, 0.1) is 0 Å². The van der Waals surface area contributed by atoms with Crippen molar-refractivity contribution in [2.24, 2.45) is 0 Å². The maximum Gasteiger partial charge on any atom is 0.408 e. The van der Waals surface area contributed by atoms with Crippen molar-refractivity contribution in [3.8, 4) is 0 Å². The Labute approximate surface area is 109 Å². The van der Waals surface area contributed by atoms with Crippen LogP contribution in [-0.2, 0) is 0 Å². The normalized spacial score (nSPS) is 13.8. The van der Waals surface area contributed by atoms with Crippen LogP contribution in [0.25, 0.3) is 0 Å². The summed E-state index contributed by atoms with van der Waals surface area (Å²) >= 11 is 2.86. The van der Waals surface area contributed by atoms with E-state index < -0.39 is 24.2 Å². The minimum Gasteiger partial charge on any atom is -0.359 e. The third-order valence-corrected chi connectivity index (χ3v) is 2.91. The number of pyridine rings is 1. The van der Waals surface area contributed by atoms with E-state index in [0.29, 0.717) is 0 Å². The largest absolute Gasteiger partial charge is 0.408 e. The number of alkyl halides is 5. The molecule has 0 bridgehead atoms. The fourth-order valence-corrected chi connectivity index (χ4v) is 1.68. The second-order valence-electron chi connectivity index (χ2n) is 3.54. The standard InChI is InChI=1S/C10H10BrF5N2/c1-2-7(10(14,15)16)18-8-3-5(9(12)13)6(11)4-17-8/h3-4,7,9H,2H2,1H3,(H,17,18). The lowest BCUT2D eigenvalue weighted by atomic mass is 10.2. The monoisotopic (exact) mass is 332 g/mol. The van der Waals surface area contributed by atoms with Crippen LogP contribution in [0.5, 0.6) is 0 Å². The van der Waals surface area contributed by atoms with Crippen molar-refractivity contribution in [2.75, 3.05) is 5.32 Å². The summed E-state index contributed by atoms with van der Waals surface area (Å²) < 4.78 is 62.7. The van der Waals surface area contributed by atoms with Crippen LogP contribution in [0.2, 0.25) is 0 Å². The summed E-state index contributed by atoms with van der Waals surface area (Å²) in [4.78, 5) is 3.63. The number of nitrogens with one attached hydrogen (secondary N) is 1. The maximum absolute atomic E-state index is 12.6. The number of rotatable bonds is 4. The number of aromatic nitrogens is 1. The van der Waals surface area contributed by atoms with Crippen molar-refractivity contribution < 1.29 is 22.0 Å². The van der Waals surface area contributed by atoms with Crippen molar-refractivity contribution >= 4 is 21.7 Å². The first-order valence-electron chi connectivity index (χ1n) is 5.02. The first-order chi connectivity index (χ1) is 8.25. The molecule has 0 amide bonds. The van der Waals surface area contributed by atoms with Crippen LogP contribution in [0.3, 0.4) is 0 Å². The molecule has 1 aromatic heterocycles. The fourth-order valence-electron chi connectivity index (χ4n) is 1.29. The molecule has 0 spiro atoms. The van der Waals surface area contributed by atoms with Gasteiger partial charge < -0.3 is 5.32 Å². The summed E-state index contributed by atoms with van der Waals surface area (Å²) in [6, 6.07) is -0.903. The van der Waals surface area contributed by atoms with Crippen LogP contribution < -0.4 is 5.32 Å². The Kier molecular flexibility index (Phi) is 4.89. The van der Waals surface area contributed by atoms with Gasteiger partial charge in [0.2, 0.25) is 0 Å². The molecule has 1 atom stereocenters. The minimum atomic E-state index is -4.45. The predicted molar refractivity (Wildman–Crippen MR) is 60.7 cm³/mol. The SMILES string of the molecule is CCC(Nc1cc(C(F)F)c(Br)cn1)C(F)(F)F. The first kappa shape index (κ1) is 15.1. The molecule has 8 heteroatoms. The van der Waals surface area contributed by atoms with E-state index in [2.05, 4.69) is 26.2 Å². The van der Waals surface area contributed by atoms with Crippen molar-refractivity contribution in [3.05, 3.63) is 22.3 Å². The zero-order chi connectivity index (χ0) is 13.9. The number of hydrogen-bond donors (Lipinski definition) is 1. The highest BCUT2D eigenvalue weighted by Gasteiger charge is 2.38. The molecule has 18 heavy (non-hydrogen) atoms. The quantitative estimate of drug-likeness (QED) is 0.819. The molecule has 1 heterocycles. The Morgan fingerprint density at radius 1 is 1.39 bits per heavy atom. The molecule has 0 aromatic carbocycles. The predicted octanol–water partition coefficient (Wildman–Crippen LogP) is 4.53. The van der Waals surface area contributed by atoms with Crippen molar-refractivity contribution in [1.29, 1.82) is 0 Å². The third-order valence-electron chi connectivity index (χ3n) is 2.25. The van der Waals surface area contributed by atoms with Gasteiger partial charge in [0.05, 0.1) is 0 Å². The molecule has 0 aliphatic rings. The Hall–Kier alpha value is -0.920. The number of nitrogens with zero attached hydrogens (tertiary/aromatic N) is 1. The molecule has 0 fully saturated rings. The summed E-state index contributed by atoms with van der Waals surface area (Å²) in [6.45, 7) is 1.35. The fraction of sp³-hybridized carbons (Fsp3) is 0.500. The van der Waals surface area contributed by atoms with E-state index >= 15 is 0 Å². The number of hydrogen-bond acceptors (Lipinski definition) is 2. The molecule has 1 unspecified atom stereocenters. The lowest BCUT2D eigenvalue weighted by Gasteiger charge is -2.21. The van der Waals surface area contributed by atoms with Crippen molar-refractivity contribution in [1.82, 2.24) is 4.98 Å². The number of anilines is 1. The highest BCUT2D eigenvalue weighted by molar-refractivity contribution is 9.10. The highest BCUT2D eigenvalue weighted by Crippen LogP contribution is 2.30. The minimum absolute atomic E-state index is 0.0584. The Morgan fingerprint density at radius 2 is 2.00 bits per heavy atom. The summed E-state index contributed by atoms with van der Waals surface area (Å²) in [5.41, 5.74) is -0.399. The Balaban J connectivity index is 2.94. The molecular weight excluding hydrogens is 323 g/mol. The lowest BCUT2D eigenvalue weighted by molar-refractivity contribution is -0.142. The molecule has 0 radical (unpaired) electrons. The van der Waals surface area contributed by atoms with E-state index in [1.807, 2.05) is 0 Å². The maximum atomic E-state index is 12.6. The molecule has 1 rings (SSSR count). The van der Waals surface area contributed by atoms with E-state index in [-0.39, 0.29) is 16.7 Å². The number of halogens is 6. The van der Waals surface area contributed by atoms with Gasteiger partial charge in [0, 0.05) is 16.2 Å². The molecule has 1 N–H and O–H groups in total. The average molecular weight is 333 g/mol. The van der Waals surface area contributed by atoms with Crippen LogP contribution in [0.15, 0.2) is 16.7 Å². The Bertz CT molecular complexity index is 408. The molecule has 0 saturated heterocycles. The summed E-state index contributed by atoms with van der Waals surface area (Å²) in [5, 5.41) is 2.10. The van der Waals surface area contributed by atoms with Gasteiger partial charge >= 0.3 is 6.18 Å².